The van der Waals surface area contributed by atoms with E-state index in [1.807, 2.05) is 6.92 Å². The van der Waals surface area contributed by atoms with E-state index in [1.54, 1.807) is 24.3 Å². The summed E-state index contributed by atoms with van der Waals surface area (Å²) in [4.78, 5) is 10.9. The van der Waals surface area contributed by atoms with Crippen LogP contribution in [0.2, 0.25) is 0 Å². The molecule has 27 heavy (non-hydrogen) atoms. The number of sulfonamides is 1. The molecule has 2 aromatic carbocycles. The first kappa shape index (κ1) is 20.7. The second-order valence-electron chi connectivity index (χ2n) is 5.80. The van der Waals surface area contributed by atoms with Crippen molar-refractivity contribution in [3.05, 3.63) is 59.2 Å². The van der Waals surface area contributed by atoms with Crippen molar-refractivity contribution in [3.8, 4) is 0 Å². The zero-order valence-corrected chi connectivity index (χ0v) is 15.1. The van der Waals surface area contributed by atoms with Crippen molar-refractivity contribution >= 4 is 21.6 Å². The van der Waals surface area contributed by atoms with Crippen LogP contribution in [0.3, 0.4) is 0 Å². The third-order valence-electron chi connectivity index (χ3n) is 3.64. The van der Waals surface area contributed by atoms with Gasteiger partial charge in [-0.1, -0.05) is 17.7 Å². The zero-order chi connectivity index (χ0) is 20.2. The van der Waals surface area contributed by atoms with E-state index in [-0.39, 0.29) is 24.7 Å². The summed E-state index contributed by atoms with van der Waals surface area (Å²) in [6.45, 7) is 2.19. The summed E-state index contributed by atoms with van der Waals surface area (Å²) in [7, 11) is -4.51. The lowest BCUT2D eigenvalue weighted by molar-refractivity contribution is -0.139. The fourth-order valence-corrected chi connectivity index (χ4v) is 3.04. The summed E-state index contributed by atoms with van der Waals surface area (Å²) in [5.41, 5.74) is 0.187. The smallest absolute Gasteiger partial charge is 0.383 e. The topological polar surface area (TPSA) is 101 Å². The maximum atomic E-state index is 13.1. The molecule has 0 radical (unpaired) electrons. The van der Waals surface area contributed by atoms with Gasteiger partial charge in [-0.25, -0.2) is 13.6 Å². The number of alkyl halides is 3. The molecule has 146 valence electrons. The number of aryl methyl sites for hydroxylation is 1. The molecule has 0 heterocycles. The average molecular weight is 401 g/mol. The molecule has 1 amide bonds. The highest BCUT2D eigenvalue weighted by molar-refractivity contribution is 7.89. The van der Waals surface area contributed by atoms with E-state index in [9.17, 15) is 26.4 Å². The van der Waals surface area contributed by atoms with E-state index < -0.39 is 26.7 Å². The monoisotopic (exact) mass is 401 g/mol. The molecule has 0 aromatic heterocycles. The molecule has 0 bridgehead atoms. The summed E-state index contributed by atoms with van der Waals surface area (Å²) >= 11 is 0. The number of hydrogen-bond acceptors (Lipinski definition) is 4. The van der Waals surface area contributed by atoms with Crippen molar-refractivity contribution < 1.29 is 26.4 Å². The standard InChI is InChI=1S/C17H18F3N3O3S/c1-11-2-4-12(5-3-11)16(24)23-9-8-22-13-6-7-15(27(21,25)26)14(10-13)17(18,19)20/h2-7,10,22H,8-9H2,1H3,(H,23,24)(H2,21,25,26). The first-order valence-electron chi connectivity index (χ1n) is 7.81. The first-order chi connectivity index (χ1) is 12.5. The van der Waals surface area contributed by atoms with Gasteiger partial charge in [0.25, 0.3) is 5.91 Å². The lowest BCUT2D eigenvalue weighted by Crippen LogP contribution is -2.28. The molecule has 6 nitrogen and oxygen atoms in total. The highest BCUT2D eigenvalue weighted by Gasteiger charge is 2.36. The Morgan fingerprint density at radius 2 is 1.70 bits per heavy atom. The molecule has 10 heteroatoms. The van der Waals surface area contributed by atoms with Crippen molar-refractivity contribution in [3.63, 3.8) is 0 Å². The molecule has 4 N–H and O–H groups in total. The van der Waals surface area contributed by atoms with E-state index in [1.165, 1.54) is 6.07 Å². The van der Waals surface area contributed by atoms with Gasteiger partial charge in [0.2, 0.25) is 10.0 Å². The van der Waals surface area contributed by atoms with Crippen molar-refractivity contribution in [1.29, 1.82) is 0 Å². The van der Waals surface area contributed by atoms with Crippen molar-refractivity contribution in [2.45, 2.75) is 18.0 Å². The number of rotatable bonds is 6. The van der Waals surface area contributed by atoms with Crippen LogP contribution >= 0.6 is 0 Å². The molecular weight excluding hydrogens is 383 g/mol. The largest absolute Gasteiger partial charge is 0.417 e. The van der Waals surface area contributed by atoms with Crippen molar-refractivity contribution in [2.24, 2.45) is 5.14 Å². The van der Waals surface area contributed by atoms with E-state index in [0.717, 1.165) is 11.6 Å². The molecule has 0 aliphatic heterocycles. The average Bonchev–Trinajstić information content (AvgIpc) is 2.57. The minimum atomic E-state index is -4.88. The molecule has 0 saturated carbocycles. The Balaban J connectivity index is 2.00. The number of carbonyl (C=O) groups excluding carboxylic acids is 1. The number of halogens is 3. The maximum absolute atomic E-state index is 13.1. The van der Waals surface area contributed by atoms with Crippen LogP contribution in [0, 0.1) is 6.92 Å². The van der Waals surface area contributed by atoms with Gasteiger partial charge in [0.05, 0.1) is 10.5 Å². The van der Waals surface area contributed by atoms with E-state index in [0.29, 0.717) is 11.6 Å². The summed E-state index contributed by atoms with van der Waals surface area (Å²) in [5.74, 6) is -0.308. The fourth-order valence-electron chi connectivity index (χ4n) is 2.30. The number of anilines is 1. The third kappa shape index (κ3) is 5.69. The third-order valence-corrected chi connectivity index (χ3v) is 4.61. The molecule has 0 spiro atoms. The number of primary sulfonamides is 1. The number of nitrogens with two attached hydrogens (primary N) is 1. The summed E-state index contributed by atoms with van der Waals surface area (Å²) in [5, 5.41) is 10.2. The Bertz CT molecular complexity index is 927. The molecule has 2 aromatic rings. The van der Waals surface area contributed by atoms with Gasteiger partial charge in [0.1, 0.15) is 0 Å². The minimum absolute atomic E-state index is 0.0549. The van der Waals surface area contributed by atoms with Gasteiger partial charge in [0.15, 0.2) is 0 Å². The normalized spacial score (nSPS) is 11.9. The number of carbonyl (C=O) groups is 1. The van der Waals surface area contributed by atoms with Gasteiger partial charge in [-0.2, -0.15) is 13.2 Å². The molecule has 0 aliphatic rings. The van der Waals surface area contributed by atoms with Crippen LogP contribution in [-0.2, 0) is 16.2 Å². The van der Waals surface area contributed by atoms with Gasteiger partial charge >= 0.3 is 6.18 Å². The van der Waals surface area contributed by atoms with Gasteiger partial charge in [-0.05, 0) is 37.3 Å². The Morgan fingerprint density at radius 1 is 1.07 bits per heavy atom. The molecule has 0 fully saturated rings. The van der Waals surface area contributed by atoms with Crippen molar-refractivity contribution in [2.75, 3.05) is 18.4 Å². The second-order valence-corrected chi connectivity index (χ2v) is 7.33. The zero-order valence-electron chi connectivity index (χ0n) is 14.3. The highest BCUT2D eigenvalue weighted by Crippen LogP contribution is 2.35. The van der Waals surface area contributed by atoms with Gasteiger partial charge in [-0.15, -0.1) is 0 Å². The van der Waals surface area contributed by atoms with Gasteiger partial charge < -0.3 is 10.6 Å². The number of hydrogen-bond donors (Lipinski definition) is 3. The summed E-state index contributed by atoms with van der Waals surface area (Å²) in [6, 6.07) is 9.56. The van der Waals surface area contributed by atoms with Gasteiger partial charge in [0, 0.05) is 24.3 Å². The molecule has 2 rings (SSSR count). The van der Waals surface area contributed by atoms with Crippen LogP contribution in [0.15, 0.2) is 47.4 Å². The van der Waals surface area contributed by atoms with Crippen molar-refractivity contribution in [1.82, 2.24) is 5.32 Å². The van der Waals surface area contributed by atoms with E-state index in [2.05, 4.69) is 10.6 Å². The number of nitrogens with one attached hydrogen (secondary N) is 2. The van der Waals surface area contributed by atoms with Crippen LogP contribution in [0.5, 0.6) is 0 Å². The van der Waals surface area contributed by atoms with Crippen LogP contribution in [0.1, 0.15) is 21.5 Å². The van der Waals surface area contributed by atoms with Crippen LogP contribution in [-0.4, -0.2) is 27.4 Å². The minimum Gasteiger partial charge on any atom is -0.383 e. The fraction of sp³-hybridized carbons (Fsp3) is 0.235. The Hall–Kier alpha value is -2.59. The molecule has 0 aliphatic carbocycles. The van der Waals surface area contributed by atoms with Crippen LogP contribution < -0.4 is 15.8 Å². The van der Waals surface area contributed by atoms with E-state index >= 15 is 0 Å². The first-order valence-corrected chi connectivity index (χ1v) is 9.36. The van der Waals surface area contributed by atoms with Crippen LogP contribution in [0.25, 0.3) is 0 Å². The maximum Gasteiger partial charge on any atom is 0.417 e. The SMILES string of the molecule is Cc1ccc(C(=O)NCCNc2ccc(S(N)(=O)=O)c(C(F)(F)F)c2)cc1. The highest BCUT2D eigenvalue weighted by atomic mass is 32.2. The molecule has 0 saturated heterocycles. The number of benzene rings is 2. The second kappa shape index (κ2) is 7.97. The number of amides is 1. The predicted octanol–water partition coefficient (Wildman–Crippen LogP) is 2.50. The molecule has 0 unspecified atom stereocenters. The lowest BCUT2D eigenvalue weighted by Gasteiger charge is -2.14. The Morgan fingerprint density at radius 3 is 2.26 bits per heavy atom. The van der Waals surface area contributed by atoms with Gasteiger partial charge in [-0.3, -0.25) is 4.79 Å². The van der Waals surface area contributed by atoms with Crippen LogP contribution in [0.4, 0.5) is 18.9 Å². The van der Waals surface area contributed by atoms with E-state index in [4.69, 9.17) is 5.14 Å². The lowest BCUT2D eigenvalue weighted by atomic mass is 10.1. The predicted molar refractivity (Wildman–Crippen MR) is 94.8 cm³/mol. The molecule has 0 atom stereocenters. The Labute approximate surface area is 154 Å². The Kier molecular flexibility index (Phi) is 6.11. The summed E-state index contributed by atoms with van der Waals surface area (Å²) < 4.78 is 61.8. The summed E-state index contributed by atoms with van der Waals surface area (Å²) in [6.07, 6.45) is -4.88. The molecular formula is C17H18F3N3O3S. The quantitative estimate of drug-likeness (QED) is 0.648.